The molecule has 3 rings (SSSR count). The van der Waals surface area contributed by atoms with Gasteiger partial charge in [0.15, 0.2) is 5.78 Å². The van der Waals surface area contributed by atoms with Crippen LogP contribution in [0, 0.1) is 17.8 Å². The lowest BCUT2D eigenvalue weighted by Crippen LogP contribution is -2.61. The molecule has 3 unspecified atom stereocenters. The van der Waals surface area contributed by atoms with Crippen LogP contribution in [0.4, 0.5) is 0 Å². The summed E-state index contributed by atoms with van der Waals surface area (Å²) in [6.07, 6.45) is 10.3. The maximum atomic E-state index is 14.4. The molecule has 0 amide bonds. The van der Waals surface area contributed by atoms with Crippen LogP contribution >= 0.6 is 0 Å². The van der Waals surface area contributed by atoms with Gasteiger partial charge in [0.1, 0.15) is 17.6 Å². The van der Waals surface area contributed by atoms with Gasteiger partial charge in [0.05, 0.1) is 12.1 Å². The summed E-state index contributed by atoms with van der Waals surface area (Å²) in [5, 5.41) is 0. The van der Waals surface area contributed by atoms with Crippen molar-refractivity contribution in [3.05, 3.63) is 0 Å². The molecule has 0 N–H and O–H groups in total. The predicted octanol–water partition coefficient (Wildman–Crippen LogP) is 4.60. The Kier molecular flexibility index (Phi) is 11.1. The molecule has 0 radical (unpaired) electrons. The molecule has 0 aromatic heterocycles. The highest BCUT2D eigenvalue weighted by Gasteiger charge is 2.49. The van der Waals surface area contributed by atoms with Crippen molar-refractivity contribution in [1.29, 1.82) is 0 Å². The molecule has 3 heterocycles. The second-order valence-corrected chi connectivity index (χ2v) is 12.9. The lowest BCUT2D eigenvalue weighted by molar-refractivity contribution is -0.143. The topological polar surface area (TPSA) is 60.9 Å². The SMILES string of the molecule is CC(C)CC(C(=O)CC(C)CC(C(=O)[C@](C=O)(CC(C)C)N1CCCC1)N1CCCC1)N1CCCC1. The fraction of sp³-hybridized carbons (Fsp3) is 0.900. The molecular formula is C30H53N3O3. The lowest BCUT2D eigenvalue weighted by atomic mass is 9.78. The summed E-state index contributed by atoms with van der Waals surface area (Å²) in [4.78, 5) is 47.6. The van der Waals surface area contributed by atoms with Crippen LogP contribution in [-0.4, -0.2) is 89.4 Å². The summed E-state index contributed by atoms with van der Waals surface area (Å²) in [6.45, 7) is 16.3. The molecule has 6 heteroatoms. The number of rotatable bonds is 15. The van der Waals surface area contributed by atoms with Gasteiger partial charge in [-0.15, -0.1) is 0 Å². The monoisotopic (exact) mass is 503 g/mol. The van der Waals surface area contributed by atoms with E-state index in [-0.39, 0.29) is 29.7 Å². The fourth-order valence-corrected chi connectivity index (χ4v) is 7.00. The number of nitrogens with zero attached hydrogens (tertiary/aromatic N) is 3. The number of likely N-dealkylation sites (tertiary alicyclic amines) is 3. The molecule has 0 saturated carbocycles. The van der Waals surface area contributed by atoms with E-state index in [1.807, 2.05) is 0 Å². The minimum absolute atomic E-state index is 0.00972. The van der Waals surface area contributed by atoms with Gasteiger partial charge in [-0.05, 0) is 115 Å². The van der Waals surface area contributed by atoms with Gasteiger partial charge in [0.25, 0.3) is 0 Å². The minimum Gasteiger partial charge on any atom is -0.301 e. The predicted molar refractivity (Wildman–Crippen MR) is 146 cm³/mol. The second kappa shape index (κ2) is 13.6. The van der Waals surface area contributed by atoms with E-state index in [0.717, 1.165) is 77.7 Å². The summed E-state index contributed by atoms with van der Waals surface area (Å²) in [5.74, 6) is 1.29. The highest BCUT2D eigenvalue weighted by molar-refractivity contribution is 6.06. The third-order valence-corrected chi connectivity index (χ3v) is 8.72. The van der Waals surface area contributed by atoms with E-state index < -0.39 is 5.54 Å². The van der Waals surface area contributed by atoms with E-state index in [2.05, 4.69) is 49.3 Å². The van der Waals surface area contributed by atoms with E-state index in [9.17, 15) is 14.4 Å². The lowest BCUT2D eigenvalue weighted by Gasteiger charge is -2.42. The molecule has 206 valence electrons. The highest BCUT2D eigenvalue weighted by Crippen LogP contribution is 2.33. The Balaban J connectivity index is 1.78. The molecule has 3 saturated heterocycles. The second-order valence-electron chi connectivity index (χ2n) is 12.9. The van der Waals surface area contributed by atoms with Crippen molar-refractivity contribution in [3.63, 3.8) is 0 Å². The third kappa shape index (κ3) is 7.26. The van der Waals surface area contributed by atoms with Gasteiger partial charge in [0.2, 0.25) is 0 Å². The average Bonchev–Trinajstić information content (AvgIpc) is 3.62. The number of hydrogen-bond donors (Lipinski definition) is 0. The van der Waals surface area contributed by atoms with Crippen molar-refractivity contribution in [1.82, 2.24) is 14.7 Å². The maximum Gasteiger partial charge on any atom is 0.177 e. The molecular weight excluding hydrogens is 450 g/mol. The zero-order valence-corrected chi connectivity index (χ0v) is 23.8. The van der Waals surface area contributed by atoms with Crippen molar-refractivity contribution in [2.24, 2.45) is 17.8 Å². The molecule has 3 aliphatic heterocycles. The van der Waals surface area contributed by atoms with Crippen LogP contribution in [0.2, 0.25) is 0 Å². The van der Waals surface area contributed by atoms with Crippen LogP contribution in [0.5, 0.6) is 0 Å². The normalized spacial score (nSPS) is 24.3. The molecule has 0 bridgehead atoms. The van der Waals surface area contributed by atoms with E-state index in [1.165, 1.54) is 12.8 Å². The first kappa shape index (κ1) is 29.4. The Labute approximate surface area is 220 Å². The molecule has 36 heavy (non-hydrogen) atoms. The molecule has 0 spiro atoms. The van der Waals surface area contributed by atoms with Crippen LogP contribution < -0.4 is 0 Å². The van der Waals surface area contributed by atoms with Gasteiger partial charge in [0, 0.05) is 6.42 Å². The standard InChI is InChI=1S/C30H53N3O3/c1-23(2)18-26(31-12-6-7-13-31)28(35)20-25(5)19-27(32-14-8-9-15-32)29(36)30(22-34,21-24(3)4)33-16-10-11-17-33/h22-27H,6-21H2,1-5H3/t25?,26?,27?,30-/m1/s1. The third-order valence-electron chi connectivity index (χ3n) is 8.72. The van der Waals surface area contributed by atoms with Crippen LogP contribution in [0.15, 0.2) is 0 Å². The summed E-state index contributed by atoms with van der Waals surface area (Å²) >= 11 is 0. The summed E-state index contributed by atoms with van der Waals surface area (Å²) in [5.41, 5.74) is -1.03. The number of carbonyl (C=O) groups excluding carboxylic acids is 3. The van der Waals surface area contributed by atoms with Crippen LogP contribution in [0.3, 0.4) is 0 Å². The Morgan fingerprint density at radius 1 is 0.722 bits per heavy atom. The van der Waals surface area contributed by atoms with Gasteiger partial charge in [-0.3, -0.25) is 24.3 Å². The van der Waals surface area contributed by atoms with Crippen molar-refractivity contribution in [2.45, 2.75) is 116 Å². The van der Waals surface area contributed by atoms with Crippen molar-refractivity contribution >= 4 is 17.9 Å². The van der Waals surface area contributed by atoms with Crippen LogP contribution in [-0.2, 0) is 14.4 Å². The molecule has 0 aromatic carbocycles. The zero-order chi connectivity index (χ0) is 26.3. The van der Waals surface area contributed by atoms with E-state index in [1.54, 1.807) is 0 Å². The molecule has 0 aromatic rings. The number of carbonyl (C=O) groups is 3. The molecule has 3 aliphatic rings. The maximum absolute atomic E-state index is 14.4. The van der Waals surface area contributed by atoms with Crippen molar-refractivity contribution in [2.75, 3.05) is 39.3 Å². The first-order valence-electron chi connectivity index (χ1n) is 14.9. The highest BCUT2D eigenvalue weighted by atomic mass is 16.2. The quantitative estimate of drug-likeness (QED) is 0.241. The molecule has 4 atom stereocenters. The summed E-state index contributed by atoms with van der Waals surface area (Å²) < 4.78 is 0. The number of Topliss-reactive ketones (excluding diaryl/α,β-unsaturated/α-hetero) is 2. The van der Waals surface area contributed by atoms with E-state index >= 15 is 0 Å². The fourth-order valence-electron chi connectivity index (χ4n) is 7.00. The van der Waals surface area contributed by atoms with Gasteiger partial charge in [-0.2, -0.15) is 0 Å². The number of ketones is 2. The zero-order valence-electron chi connectivity index (χ0n) is 23.8. The van der Waals surface area contributed by atoms with Gasteiger partial charge < -0.3 is 4.79 Å². The summed E-state index contributed by atoms with van der Waals surface area (Å²) in [6, 6.07) is -0.273. The first-order valence-corrected chi connectivity index (χ1v) is 14.9. The van der Waals surface area contributed by atoms with Crippen molar-refractivity contribution in [3.8, 4) is 0 Å². The molecule has 0 aliphatic carbocycles. The van der Waals surface area contributed by atoms with Crippen LogP contribution in [0.1, 0.15) is 98.8 Å². The Bertz CT molecular complexity index is 721. The minimum atomic E-state index is -1.03. The number of hydrogen-bond acceptors (Lipinski definition) is 6. The van der Waals surface area contributed by atoms with Gasteiger partial charge in [-0.25, -0.2) is 0 Å². The average molecular weight is 504 g/mol. The van der Waals surface area contributed by atoms with E-state index in [4.69, 9.17) is 0 Å². The Morgan fingerprint density at radius 2 is 1.22 bits per heavy atom. The largest absolute Gasteiger partial charge is 0.301 e. The van der Waals surface area contributed by atoms with Gasteiger partial charge >= 0.3 is 0 Å². The number of aldehydes is 1. The molecule has 3 fully saturated rings. The smallest absolute Gasteiger partial charge is 0.177 e. The Hall–Kier alpha value is -1.11. The summed E-state index contributed by atoms with van der Waals surface area (Å²) in [7, 11) is 0. The first-order chi connectivity index (χ1) is 17.2. The van der Waals surface area contributed by atoms with Gasteiger partial charge in [-0.1, -0.05) is 34.6 Å². The van der Waals surface area contributed by atoms with E-state index in [0.29, 0.717) is 31.0 Å². The van der Waals surface area contributed by atoms with Crippen LogP contribution in [0.25, 0.3) is 0 Å². The Morgan fingerprint density at radius 3 is 1.69 bits per heavy atom. The van der Waals surface area contributed by atoms with Crippen molar-refractivity contribution < 1.29 is 14.4 Å². The molecule has 6 nitrogen and oxygen atoms in total.